The second-order valence-corrected chi connectivity index (χ2v) is 6.90. The zero-order chi connectivity index (χ0) is 18.1. The molecule has 1 aromatic rings. The number of ether oxygens (including phenoxy) is 1. The smallest absolute Gasteiger partial charge is 0.311 e. The second-order valence-electron chi connectivity index (χ2n) is 6.90. The summed E-state index contributed by atoms with van der Waals surface area (Å²) in [6.07, 6.45) is -1.17. The van der Waals surface area contributed by atoms with Crippen molar-refractivity contribution in [2.24, 2.45) is 5.41 Å². The van der Waals surface area contributed by atoms with Gasteiger partial charge >= 0.3 is 5.69 Å². The SMILES string of the molecule is COc1cc(N2CCN(C(=O)[O-])C(C(C)(C)C)C2)ccc1[N+](=O)[O-]. The van der Waals surface area contributed by atoms with Crippen molar-refractivity contribution in [3.8, 4) is 5.75 Å². The average molecular weight is 336 g/mol. The molecular formula is C16H22N3O5-. The molecule has 0 N–H and O–H groups in total. The first-order valence-electron chi connectivity index (χ1n) is 7.70. The molecule has 0 aromatic heterocycles. The predicted octanol–water partition coefficient (Wildman–Crippen LogP) is 1.48. The topological polar surface area (TPSA) is 99.0 Å². The van der Waals surface area contributed by atoms with Crippen LogP contribution in [0.1, 0.15) is 20.8 Å². The highest BCUT2D eigenvalue weighted by molar-refractivity contribution is 5.65. The largest absolute Gasteiger partial charge is 0.530 e. The van der Waals surface area contributed by atoms with Gasteiger partial charge in [0, 0.05) is 37.5 Å². The van der Waals surface area contributed by atoms with E-state index in [0.29, 0.717) is 19.6 Å². The van der Waals surface area contributed by atoms with Crippen molar-refractivity contribution < 1.29 is 19.6 Å². The summed E-state index contributed by atoms with van der Waals surface area (Å²) in [5.41, 5.74) is 0.413. The van der Waals surface area contributed by atoms with Crippen molar-refractivity contribution in [1.29, 1.82) is 0 Å². The summed E-state index contributed by atoms with van der Waals surface area (Å²) in [5.74, 6) is 0.187. The number of rotatable bonds is 3. The van der Waals surface area contributed by atoms with Gasteiger partial charge in [0.2, 0.25) is 0 Å². The van der Waals surface area contributed by atoms with Crippen LogP contribution >= 0.6 is 0 Å². The number of amides is 1. The van der Waals surface area contributed by atoms with Crippen LogP contribution in [0, 0.1) is 15.5 Å². The lowest BCUT2D eigenvalue weighted by Crippen LogP contribution is -2.62. The van der Waals surface area contributed by atoms with Gasteiger partial charge in [0.25, 0.3) is 0 Å². The predicted molar refractivity (Wildman–Crippen MR) is 87.2 cm³/mol. The zero-order valence-corrected chi connectivity index (χ0v) is 14.3. The molecule has 1 heterocycles. The molecule has 132 valence electrons. The van der Waals surface area contributed by atoms with Gasteiger partial charge in [0.15, 0.2) is 5.75 Å². The van der Waals surface area contributed by atoms with Crippen LogP contribution in [-0.4, -0.2) is 48.7 Å². The fourth-order valence-electron chi connectivity index (χ4n) is 2.99. The van der Waals surface area contributed by atoms with Gasteiger partial charge in [-0.05, 0) is 11.5 Å². The number of carboxylic acid groups (broad SMARTS) is 1. The average Bonchev–Trinajstić information content (AvgIpc) is 2.52. The molecule has 8 nitrogen and oxygen atoms in total. The quantitative estimate of drug-likeness (QED) is 0.612. The lowest BCUT2D eigenvalue weighted by molar-refractivity contribution is -0.385. The molecule has 8 heteroatoms. The maximum Gasteiger partial charge on any atom is 0.311 e. The van der Waals surface area contributed by atoms with Crippen molar-refractivity contribution in [2.75, 3.05) is 31.6 Å². The molecule has 1 aliphatic heterocycles. The van der Waals surface area contributed by atoms with Gasteiger partial charge in [-0.2, -0.15) is 0 Å². The number of methoxy groups -OCH3 is 1. The van der Waals surface area contributed by atoms with Crippen LogP contribution in [0.5, 0.6) is 5.75 Å². The Morgan fingerprint density at radius 3 is 2.50 bits per heavy atom. The first-order valence-corrected chi connectivity index (χ1v) is 7.70. The Labute approximate surface area is 140 Å². The zero-order valence-electron chi connectivity index (χ0n) is 14.3. The number of nitro benzene ring substituents is 1. The maximum atomic E-state index is 11.4. The Morgan fingerprint density at radius 2 is 2.00 bits per heavy atom. The van der Waals surface area contributed by atoms with Crippen molar-refractivity contribution in [3.63, 3.8) is 0 Å². The summed E-state index contributed by atoms with van der Waals surface area (Å²) >= 11 is 0. The molecule has 0 spiro atoms. The molecule has 0 saturated carbocycles. The number of hydrogen-bond acceptors (Lipinski definition) is 6. The Morgan fingerprint density at radius 1 is 1.33 bits per heavy atom. The minimum absolute atomic E-state index is 0.0954. The number of anilines is 1. The number of benzene rings is 1. The molecule has 2 rings (SSSR count). The van der Waals surface area contributed by atoms with E-state index in [2.05, 4.69) is 0 Å². The van der Waals surface area contributed by atoms with Crippen LogP contribution in [0.25, 0.3) is 0 Å². The number of carbonyl (C=O) groups is 1. The van der Waals surface area contributed by atoms with Crippen LogP contribution in [-0.2, 0) is 0 Å². The van der Waals surface area contributed by atoms with E-state index in [1.165, 1.54) is 18.1 Å². The summed E-state index contributed by atoms with van der Waals surface area (Å²) in [4.78, 5) is 25.3. The molecule has 0 aliphatic carbocycles. The Bertz CT molecular complexity index is 641. The number of carbonyl (C=O) groups excluding carboxylic acids is 1. The van der Waals surface area contributed by atoms with E-state index in [-0.39, 0.29) is 22.9 Å². The van der Waals surface area contributed by atoms with E-state index in [9.17, 15) is 20.0 Å². The lowest BCUT2D eigenvalue weighted by Gasteiger charge is -2.49. The molecule has 24 heavy (non-hydrogen) atoms. The summed E-state index contributed by atoms with van der Waals surface area (Å²) in [7, 11) is 1.39. The van der Waals surface area contributed by atoms with Gasteiger partial charge in [-0.1, -0.05) is 20.8 Å². The normalized spacial score (nSPS) is 18.4. The third kappa shape index (κ3) is 3.52. The van der Waals surface area contributed by atoms with Gasteiger partial charge < -0.3 is 24.4 Å². The Hall–Kier alpha value is -2.51. The third-order valence-corrected chi connectivity index (χ3v) is 4.34. The van der Waals surface area contributed by atoms with Crippen molar-refractivity contribution in [2.45, 2.75) is 26.8 Å². The van der Waals surface area contributed by atoms with Crippen molar-refractivity contribution in [1.82, 2.24) is 4.90 Å². The molecule has 1 atom stereocenters. The van der Waals surface area contributed by atoms with Gasteiger partial charge in [0.1, 0.15) is 6.09 Å². The van der Waals surface area contributed by atoms with Crippen LogP contribution in [0.4, 0.5) is 16.2 Å². The van der Waals surface area contributed by atoms with Crippen LogP contribution in [0.15, 0.2) is 18.2 Å². The number of nitro groups is 1. The van der Waals surface area contributed by atoms with E-state index in [4.69, 9.17) is 4.74 Å². The van der Waals surface area contributed by atoms with Gasteiger partial charge in [-0.25, -0.2) is 0 Å². The summed E-state index contributed by atoms with van der Waals surface area (Å²) < 4.78 is 5.11. The van der Waals surface area contributed by atoms with E-state index in [1.54, 1.807) is 12.1 Å². The van der Waals surface area contributed by atoms with Crippen LogP contribution in [0.3, 0.4) is 0 Å². The van der Waals surface area contributed by atoms with Crippen molar-refractivity contribution in [3.05, 3.63) is 28.3 Å². The summed E-state index contributed by atoms with van der Waals surface area (Å²) in [6, 6.07) is 4.45. The van der Waals surface area contributed by atoms with E-state index >= 15 is 0 Å². The van der Waals surface area contributed by atoms with Gasteiger partial charge in [0.05, 0.1) is 18.1 Å². The highest BCUT2D eigenvalue weighted by Crippen LogP contribution is 2.34. The number of nitrogens with zero attached hydrogens (tertiary/aromatic N) is 3. The van der Waals surface area contributed by atoms with E-state index in [0.717, 1.165) is 5.69 Å². The molecule has 1 aromatic carbocycles. The number of hydrogen-bond donors (Lipinski definition) is 0. The number of piperazine rings is 1. The Kier molecular flexibility index (Phi) is 4.86. The summed E-state index contributed by atoms with van der Waals surface area (Å²) in [6.45, 7) is 7.23. The van der Waals surface area contributed by atoms with Gasteiger partial charge in [-0.15, -0.1) is 0 Å². The monoisotopic (exact) mass is 336 g/mol. The molecule has 1 saturated heterocycles. The van der Waals surface area contributed by atoms with E-state index < -0.39 is 11.0 Å². The molecule has 1 unspecified atom stereocenters. The van der Waals surface area contributed by atoms with Crippen molar-refractivity contribution >= 4 is 17.5 Å². The van der Waals surface area contributed by atoms with Gasteiger partial charge in [-0.3, -0.25) is 10.1 Å². The van der Waals surface area contributed by atoms with Crippen LogP contribution in [0.2, 0.25) is 0 Å². The van der Waals surface area contributed by atoms with E-state index in [1.807, 2.05) is 25.7 Å². The van der Waals surface area contributed by atoms with Crippen LogP contribution < -0.4 is 14.7 Å². The fraction of sp³-hybridized carbons (Fsp3) is 0.562. The molecule has 1 amide bonds. The summed E-state index contributed by atoms with van der Waals surface area (Å²) in [5, 5.41) is 22.4. The standard InChI is InChI=1S/C16H23N3O5/c1-16(2,3)14-10-17(7-8-18(14)15(20)21)11-5-6-12(19(22)23)13(9-11)24-4/h5-6,9,14H,7-8,10H2,1-4H3,(H,20,21)/p-1. The first kappa shape index (κ1) is 17.8. The maximum absolute atomic E-state index is 11.4. The molecule has 0 bridgehead atoms. The highest BCUT2D eigenvalue weighted by Gasteiger charge is 2.36. The first-order chi connectivity index (χ1) is 11.1. The second kappa shape index (κ2) is 6.54. The molecular weight excluding hydrogens is 314 g/mol. The molecule has 0 radical (unpaired) electrons. The Balaban J connectivity index is 2.30. The highest BCUT2D eigenvalue weighted by atomic mass is 16.6. The molecule has 1 fully saturated rings. The minimum Gasteiger partial charge on any atom is -0.530 e. The fourth-order valence-corrected chi connectivity index (χ4v) is 2.99. The third-order valence-electron chi connectivity index (χ3n) is 4.34. The lowest BCUT2D eigenvalue weighted by atomic mass is 9.84. The molecule has 1 aliphatic rings. The minimum atomic E-state index is -1.17.